The smallest absolute Gasteiger partial charge is 0.255 e. The molecule has 0 aliphatic carbocycles. The quantitative estimate of drug-likeness (QED) is 0.336. The number of hydrogen-bond donors (Lipinski definition) is 2. The van der Waals surface area contributed by atoms with E-state index in [2.05, 4.69) is 33.6 Å². The van der Waals surface area contributed by atoms with Gasteiger partial charge in [-0.25, -0.2) is 13.8 Å². The van der Waals surface area contributed by atoms with Crippen LogP contribution in [0.15, 0.2) is 53.6 Å². The van der Waals surface area contributed by atoms with Crippen LogP contribution >= 0.6 is 11.6 Å². The third kappa shape index (κ3) is 4.79. The van der Waals surface area contributed by atoms with Gasteiger partial charge in [0.25, 0.3) is 11.5 Å². The number of halogens is 3. The van der Waals surface area contributed by atoms with Crippen molar-refractivity contribution >= 4 is 28.5 Å². The molecule has 1 atom stereocenters. The van der Waals surface area contributed by atoms with Gasteiger partial charge < -0.3 is 15.3 Å². The molecular formula is C26H17ClF2N4O2. The zero-order chi connectivity index (χ0) is 25.1. The van der Waals surface area contributed by atoms with E-state index in [0.29, 0.717) is 16.6 Å². The summed E-state index contributed by atoms with van der Waals surface area (Å²) in [6.45, 7) is 0. The van der Waals surface area contributed by atoms with E-state index in [4.69, 9.17) is 17.3 Å². The number of nitrogens with zero attached hydrogens (tertiary/aromatic N) is 2. The molecule has 1 amide bonds. The number of hydrogen-bond acceptors (Lipinski definition) is 3. The van der Waals surface area contributed by atoms with Crippen molar-refractivity contribution in [3.05, 3.63) is 98.2 Å². The van der Waals surface area contributed by atoms with Crippen LogP contribution in [0.2, 0.25) is 5.15 Å². The Balaban J connectivity index is 1.73. The van der Waals surface area contributed by atoms with E-state index < -0.39 is 29.0 Å². The first kappa shape index (κ1) is 23.7. The molecule has 174 valence electrons. The number of benzene rings is 1. The summed E-state index contributed by atoms with van der Waals surface area (Å²) < 4.78 is 29.8. The molecule has 0 bridgehead atoms. The molecule has 0 fully saturated rings. The van der Waals surface area contributed by atoms with Crippen LogP contribution in [0.1, 0.15) is 39.4 Å². The van der Waals surface area contributed by atoms with Crippen LogP contribution in [0.4, 0.5) is 8.78 Å². The highest BCUT2D eigenvalue weighted by atomic mass is 35.5. The van der Waals surface area contributed by atoms with Crippen molar-refractivity contribution in [2.24, 2.45) is 12.8 Å². The van der Waals surface area contributed by atoms with Crippen LogP contribution in [0.5, 0.6) is 0 Å². The lowest BCUT2D eigenvalue weighted by atomic mass is 9.89. The number of fused-ring (bicyclic) bond motifs is 1. The molecule has 3 aromatic heterocycles. The topological polar surface area (TPSA) is 93.8 Å². The van der Waals surface area contributed by atoms with Crippen molar-refractivity contribution in [1.29, 1.82) is 0 Å². The van der Waals surface area contributed by atoms with Crippen molar-refractivity contribution in [1.82, 2.24) is 14.5 Å². The van der Waals surface area contributed by atoms with Crippen molar-refractivity contribution in [3.63, 3.8) is 0 Å². The molecule has 0 spiro atoms. The van der Waals surface area contributed by atoms with Gasteiger partial charge in [0.05, 0.1) is 11.1 Å². The van der Waals surface area contributed by atoms with Crippen molar-refractivity contribution in [2.75, 3.05) is 0 Å². The van der Waals surface area contributed by atoms with E-state index in [1.54, 1.807) is 12.3 Å². The number of pyridine rings is 2. The maximum Gasteiger partial charge on any atom is 0.255 e. The van der Waals surface area contributed by atoms with Crippen LogP contribution < -0.4 is 11.3 Å². The van der Waals surface area contributed by atoms with Gasteiger partial charge in [-0.05, 0) is 53.8 Å². The molecule has 4 rings (SSSR count). The van der Waals surface area contributed by atoms with Crippen LogP contribution in [0, 0.1) is 35.3 Å². The Morgan fingerprint density at radius 1 is 1.20 bits per heavy atom. The van der Waals surface area contributed by atoms with Crippen LogP contribution in [0.3, 0.4) is 0 Å². The molecule has 0 aliphatic rings. The first-order valence-corrected chi connectivity index (χ1v) is 10.7. The van der Waals surface area contributed by atoms with Gasteiger partial charge in [-0.1, -0.05) is 23.4 Å². The minimum absolute atomic E-state index is 0.00846. The summed E-state index contributed by atoms with van der Waals surface area (Å²) >= 11 is 6.01. The first-order valence-electron chi connectivity index (χ1n) is 10.3. The normalized spacial score (nSPS) is 11.3. The molecular weight excluding hydrogens is 474 g/mol. The number of rotatable bonds is 4. The third-order valence-electron chi connectivity index (χ3n) is 5.48. The van der Waals surface area contributed by atoms with E-state index >= 15 is 0 Å². The Morgan fingerprint density at radius 2 is 2.00 bits per heavy atom. The highest BCUT2D eigenvalue weighted by molar-refractivity contribution is 6.29. The summed E-state index contributed by atoms with van der Waals surface area (Å²) in [5.74, 6) is 8.11. The van der Waals surface area contributed by atoms with Gasteiger partial charge in [-0.3, -0.25) is 9.59 Å². The minimum atomic E-state index is -0.866. The number of carbonyl (C=O) groups is 1. The molecule has 9 heteroatoms. The maximum absolute atomic E-state index is 14.6. The molecule has 0 saturated heterocycles. The van der Waals surface area contributed by atoms with Gasteiger partial charge in [0, 0.05) is 42.7 Å². The Bertz CT molecular complexity index is 1650. The van der Waals surface area contributed by atoms with E-state index in [9.17, 15) is 18.4 Å². The molecule has 4 aromatic rings. The fraction of sp³-hybridized carbons (Fsp3) is 0.115. The van der Waals surface area contributed by atoms with E-state index in [1.165, 1.54) is 29.9 Å². The molecule has 1 aromatic carbocycles. The SMILES string of the molecule is Cn1c(Cl)ccc(C(CC#CC#Cc2c(C(N)=O)cnc3[nH]ccc23)c2cc(F)ccc2F)c1=O. The Labute approximate surface area is 203 Å². The lowest BCUT2D eigenvalue weighted by Gasteiger charge is -2.17. The number of nitrogens with two attached hydrogens (primary N) is 1. The number of nitrogens with one attached hydrogen (secondary N) is 1. The highest BCUT2D eigenvalue weighted by Crippen LogP contribution is 2.29. The highest BCUT2D eigenvalue weighted by Gasteiger charge is 2.22. The predicted molar refractivity (Wildman–Crippen MR) is 129 cm³/mol. The number of H-pyrrole nitrogens is 1. The third-order valence-corrected chi connectivity index (χ3v) is 5.86. The zero-order valence-electron chi connectivity index (χ0n) is 18.3. The second-order valence-electron chi connectivity index (χ2n) is 7.60. The fourth-order valence-corrected chi connectivity index (χ4v) is 3.83. The monoisotopic (exact) mass is 490 g/mol. The average Bonchev–Trinajstić information content (AvgIpc) is 3.31. The van der Waals surface area contributed by atoms with Gasteiger partial charge in [-0.15, -0.1) is 0 Å². The molecule has 35 heavy (non-hydrogen) atoms. The van der Waals surface area contributed by atoms with E-state index in [-0.39, 0.29) is 28.3 Å². The average molecular weight is 491 g/mol. The van der Waals surface area contributed by atoms with Crippen LogP contribution in [-0.4, -0.2) is 20.4 Å². The summed E-state index contributed by atoms with van der Waals surface area (Å²) in [6, 6.07) is 7.74. The van der Waals surface area contributed by atoms with E-state index in [0.717, 1.165) is 18.2 Å². The second-order valence-corrected chi connectivity index (χ2v) is 7.99. The van der Waals surface area contributed by atoms with Crippen LogP contribution in [-0.2, 0) is 7.05 Å². The lowest BCUT2D eigenvalue weighted by Crippen LogP contribution is -2.24. The number of aromatic nitrogens is 3. The molecule has 0 radical (unpaired) electrons. The summed E-state index contributed by atoms with van der Waals surface area (Å²) in [6.07, 6.45) is 2.96. The van der Waals surface area contributed by atoms with E-state index in [1.807, 2.05) is 0 Å². The van der Waals surface area contributed by atoms with Gasteiger partial charge in [0.1, 0.15) is 22.4 Å². The largest absolute Gasteiger partial charge is 0.366 e. The first-order chi connectivity index (χ1) is 16.8. The second kappa shape index (κ2) is 9.84. The molecule has 0 aliphatic heterocycles. The Morgan fingerprint density at radius 3 is 2.77 bits per heavy atom. The van der Waals surface area contributed by atoms with Crippen LogP contribution in [0.25, 0.3) is 11.0 Å². The number of carbonyl (C=O) groups excluding carboxylic acids is 1. The minimum Gasteiger partial charge on any atom is -0.366 e. The summed E-state index contributed by atoms with van der Waals surface area (Å²) in [5.41, 5.74) is 6.25. The van der Waals surface area contributed by atoms with Crippen molar-refractivity contribution < 1.29 is 13.6 Å². The molecule has 6 nitrogen and oxygen atoms in total. The standard InChI is InChI=1S/C26H17ClF2N4O2/c1-33-23(27)10-8-19(26(33)35)17(20-13-15(28)7-9-22(20)29)6-4-2-3-5-16-18-11-12-31-25(18)32-14-21(16)24(30)34/h7-14,17H,6H2,1H3,(H2,30,34)(H,31,32). The predicted octanol–water partition coefficient (Wildman–Crippen LogP) is 3.87. The summed E-state index contributed by atoms with van der Waals surface area (Å²) in [7, 11) is 1.48. The maximum atomic E-state index is 14.6. The fourth-order valence-electron chi connectivity index (χ4n) is 3.69. The lowest BCUT2D eigenvalue weighted by molar-refractivity contribution is 0.1000. The Hall–Kier alpha value is -4.40. The van der Waals surface area contributed by atoms with Gasteiger partial charge in [0.15, 0.2) is 0 Å². The summed E-state index contributed by atoms with van der Waals surface area (Å²) in [5, 5.41) is 0.813. The summed E-state index contributed by atoms with van der Waals surface area (Å²) in [4.78, 5) is 31.6. The number of amides is 1. The van der Waals surface area contributed by atoms with Gasteiger partial charge in [-0.2, -0.15) is 0 Å². The number of primary amides is 1. The molecule has 3 N–H and O–H groups in total. The molecule has 3 heterocycles. The Kier molecular flexibility index (Phi) is 6.68. The van der Waals surface area contributed by atoms with Gasteiger partial charge in [0.2, 0.25) is 0 Å². The molecule has 0 saturated carbocycles. The van der Waals surface area contributed by atoms with Crippen molar-refractivity contribution in [2.45, 2.75) is 12.3 Å². The molecule has 1 unspecified atom stereocenters. The number of aromatic amines is 1. The van der Waals surface area contributed by atoms with Crippen molar-refractivity contribution in [3.8, 4) is 23.7 Å². The zero-order valence-corrected chi connectivity index (χ0v) is 19.1. The van der Waals surface area contributed by atoms with Gasteiger partial charge >= 0.3 is 0 Å².